The highest BCUT2D eigenvalue weighted by Gasteiger charge is 2.24. The molecule has 0 aliphatic carbocycles. The van der Waals surface area contributed by atoms with Crippen LogP contribution in [0.5, 0.6) is 0 Å². The molecule has 0 unspecified atom stereocenters. The highest BCUT2D eigenvalue weighted by Crippen LogP contribution is 2.30. The summed E-state index contributed by atoms with van der Waals surface area (Å²) in [6.45, 7) is 1.85. The quantitative estimate of drug-likeness (QED) is 0.520. The van der Waals surface area contributed by atoms with Crippen molar-refractivity contribution in [2.24, 2.45) is 14.1 Å². The Labute approximate surface area is 169 Å². The van der Waals surface area contributed by atoms with E-state index >= 15 is 0 Å². The second-order valence-electron chi connectivity index (χ2n) is 6.52. The van der Waals surface area contributed by atoms with Crippen molar-refractivity contribution >= 4 is 39.1 Å². The van der Waals surface area contributed by atoms with Gasteiger partial charge in [-0.2, -0.15) is 0 Å². The fraction of sp³-hybridized carbons (Fsp3) is 0.150. The zero-order valence-corrected chi connectivity index (χ0v) is 16.8. The lowest BCUT2D eigenvalue weighted by atomic mass is 10.2. The molecule has 4 aromatic rings. The van der Waals surface area contributed by atoms with E-state index in [0.29, 0.717) is 10.8 Å². The molecule has 0 atom stereocenters. The zero-order valence-electron chi connectivity index (χ0n) is 16.0. The van der Waals surface area contributed by atoms with E-state index in [1.807, 2.05) is 30.5 Å². The third-order valence-corrected chi connectivity index (χ3v) is 5.48. The summed E-state index contributed by atoms with van der Waals surface area (Å²) < 4.78 is 2.27. The van der Waals surface area contributed by atoms with Crippen LogP contribution in [0.3, 0.4) is 0 Å². The normalized spacial score (nSPS) is 11.0. The van der Waals surface area contributed by atoms with Crippen molar-refractivity contribution in [3.05, 3.63) is 80.1 Å². The third kappa shape index (κ3) is 3.15. The molecule has 0 aliphatic heterocycles. The first kappa shape index (κ1) is 18.8. The van der Waals surface area contributed by atoms with Crippen LogP contribution in [0, 0.1) is 6.92 Å². The van der Waals surface area contributed by atoms with Crippen LogP contribution >= 0.6 is 11.3 Å². The number of benzene rings is 1. The monoisotopic (exact) mass is 407 g/mol. The predicted octanol–water partition coefficient (Wildman–Crippen LogP) is 2.38. The molecule has 3 heterocycles. The standard InChI is InChI=1S/C20H17N5O3S/c1-12-11-29-19(21-12)25(13-7-5-4-6-8-13)18(27)15-10-9-14-16(22-15)23(2)20(28)24(3)17(14)26/h4-11H,1-3H3. The summed E-state index contributed by atoms with van der Waals surface area (Å²) in [6, 6.07) is 12.1. The van der Waals surface area contributed by atoms with Gasteiger partial charge in [0.05, 0.1) is 16.8 Å². The molecule has 0 radical (unpaired) electrons. The fourth-order valence-electron chi connectivity index (χ4n) is 3.02. The van der Waals surface area contributed by atoms with Crippen LogP contribution in [-0.2, 0) is 14.1 Å². The number of amides is 1. The van der Waals surface area contributed by atoms with E-state index in [4.69, 9.17) is 0 Å². The summed E-state index contributed by atoms with van der Waals surface area (Å²) in [5.41, 5.74) is 0.757. The second kappa shape index (κ2) is 7.10. The number of pyridine rings is 1. The number of rotatable bonds is 3. The van der Waals surface area contributed by atoms with Gasteiger partial charge in [-0.1, -0.05) is 18.2 Å². The molecule has 4 rings (SSSR count). The lowest BCUT2D eigenvalue weighted by Crippen LogP contribution is -2.37. The van der Waals surface area contributed by atoms with Crippen LogP contribution in [0.2, 0.25) is 0 Å². The van der Waals surface area contributed by atoms with Crippen LogP contribution in [0.25, 0.3) is 11.0 Å². The Hall–Kier alpha value is -3.59. The number of carbonyl (C=O) groups excluding carboxylic acids is 1. The molecule has 0 spiro atoms. The summed E-state index contributed by atoms with van der Waals surface area (Å²) in [5.74, 6) is -0.402. The number of hydrogen-bond donors (Lipinski definition) is 0. The number of fused-ring (bicyclic) bond motifs is 1. The molecular formula is C20H17N5O3S. The summed E-state index contributed by atoms with van der Waals surface area (Å²) in [4.78, 5) is 48.3. The molecule has 29 heavy (non-hydrogen) atoms. The van der Waals surface area contributed by atoms with Gasteiger partial charge in [0, 0.05) is 19.5 Å². The highest BCUT2D eigenvalue weighted by atomic mass is 32.1. The molecule has 0 saturated carbocycles. The van der Waals surface area contributed by atoms with Gasteiger partial charge in [0.25, 0.3) is 11.5 Å². The number of aromatic nitrogens is 4. The molecule has 146 valence electrons. The van der Waals surface area contributed by atoms with E-state index in [2.05, 4.69) is 9.97 Å². The van der Waals surface area contributed by atoms with E-state index in [1.165, 1.54) is 47.0 Å². The molecule has 8 nitrogen and oxygen atoms in total. The maximum absolute atomic E-state index is 13.4. The van der Waals surface area contributed by atoms with E-state index < -0.39 is 17.2 Å². The molecule has 0 bridgehead atoms. The molecule has 0 N–H and O–H groups in total. The second-order valence-corrected chi connectivity index (χ2v) is 7.36. The van der Waals surface area contributed by atoms with Gasteiger partial charge in [0.1, 0.15) is 11.3 Å². The molecule has 1 amide bonds. The Morgan fingerprint density at radius 3 is 2.38 bits per heavy atom. The average molecular weight is 407 g/mol. The molecule has 0 saturated heterocycles. The van der Waals surface area contributed by atoms with E-state index in [-0.39, 0.29) is 16.7 Å². The smallest absolute Gasteiger partial charge is 0.280 e. The van der Waals surface area contributed by atoms with Gasteiger partial charge in [0.2, 0.25) is 0 Å². The Bertz CT molecular complexity index is 1350. The Morgan fingerprint density at radius 1 is 1.00 bits per heavy atom. The minimum Gasteiger partial charge on any atom is -0.280 e. The van der Waals surface area contributed by atoms with Crippen molar-refractivity contribution in [1.82, 2.24) is 19.1 Å². The van der Waals surface area contributed by atoms with Crippen LogP contribution in [0.1, 0.15) is 16.2 Å². The first-order valence-electron chi connectivity index (χ1n) is 8.77. The van der Waals surface area contributed by atoms with Crippen LogP contribution in [0.15, 0.2) is 57.4 Å². The van der Waals surface area contributed by atoms with Gasteiger partial charge >= 0.3 is 5.69 Å². The molecule has 1 aromatic carbocycles. The van der Waals surface area contributed by atoms with Gasteiger partial charge in [-0.3, -0.25) is 23.6 Å². The minimum absolute atomic E-state index is 0.109. The van der Waals surface area contributed by atoms with Crippen molar-refractivity contribution in [1.29, 1.82) is 0 Å². The van der Waals surface area contributed by atoms with Crippen molar-refractivity contribution in [3.63, 3.8) is 0 Å². The largest absolute Gasteiger partial charge is 0.332 e. The van der Waals surface area contributed by atoms with Gasteiger partial charge in [-0.25, -0.2) is 14.8 Å². The summed E-state index contributed by atoms with van der Waals surface area (Å²) in [5, 5.41) is 2.64. The third-order valence-electron chi connectivity index (χ3n) is 4.54. The van der Waals surface area contributed by atoms with Crippen molar-refractivity contribution in [3.8, 4) is 0 Å². The van der Waals surface area contributed by atoms with Crippen LogP contribution < -0.4 is 16.1 Å². The zero-order chi connectivity index (χ0) is 20.7. The van der Waals surface area contributed by atoms with Gasteiger partial charge in [-0.15, -0.1) is 11.3 Å². The number of nitrogens with zero attached hydrogens (tertiary/aromatic N) is 5. The predicted molar refractivity (Wildman–Crippen MR) is 112 cm³/mol. The summed E-state index contributed by atoms with van der Waals surface area (Å²) in [7, 11) is 2.93. The fourth-order valence-corrected chi connectivity index (χ4v) is 3.84. The maximum atomic E-state index is 13.4. The Balaban J connectivity index is 1.90. The Morgan fingerprint density at radius 2 is 1.72 bits per heavy atom. The van der Waals surface area contributed by atoms with Crippen molar-refractivity contribution < 1.29 is 4.79 Å². The van der Waals surface area contributed by atoms with Crippen molar-refractivity contribution in [2.45, 2.75) is 6.92 Å². The highest BCUT2D eigenvalue weighted by molar-refractivity contribution is 7.14. The van der Waals surface area contributed by atoms with Gasteiger partial charge in [0.15, 0.2) is 5.13 Å². The molecule has 0 aliphatic rings. The first-order chi connectivity index (χ1) is 13.9. The summed E-state index contributed by atoms with van der Waals surface area (Å²) in [6.07, 6.45) is 0. The topological polar surface area (TPSA) is 90.1 Å². The molecular weight excluding hydrogens is 390 g/mol. The van der Waals surface area contributed by atoms with Crippen LogP contribution in [0.4, 0.5) is 10.8 Å². The van der Waals surface area contributed by atoms with E-state index in [1.54, 1.807) is 12.1 Å². The average Bonchev–Trinajstić information content (AvgIpc) is 3.16. The van der Waals surface area contributed by atoms with Crippen molar-refractivity contribution in [2.75, 3.05) is 4.90 Å². The van der Waals surface area contributed by atoms with Gasteiger partial charge < -0.3 is 0 Å². The number of para-hydroxylation sites is 1. The molecule has 0 fully saturated rings. The molecule has 3 aromatic heterocycles. The van der Waals surface area contributed by atoms with Gasteiger partial charge in [-0.05, 0) is 31.2 Å². The number of thiazole rings is 1. The Kier molecular flexibility index (Phi) is 4.59. The SMILES string of the molecule is Cc1csc(N(C(=O)c2ccc3c(=O)n(C)c(=O)n(C)c3n2)c2ccccc2)n1. The number of carbonyl (C=O) groups is 1. The lowest BCUT2D eigenvalue weighted by Gasteiger charge is -2.20. The number of hydrogen-bond acceptors (Lipinski definition) is 6. The van der Waals surface area contributed by atoms with E-state index in [9.17, 15) is 14.4 Å². The minimum atomic E-state index is -0.505. The first-order valence-corrected chi connectivity index (χ1v) is 9.65. The maximum Gasteiger partial charge on any atom is 0.332 e. The van der Waals surface area contributed by atoms with Crippen LogP contribution in [-0.4, -0.2) is 25.0 Å². The summed E-state index contributed by atoms with van der Waals surface area (Å²) >= 11 is 1.35. The number of anilines is 2. The molecule has 9 heteroatoms. The number of aryl methyl sites for hydroxylation is 2. The lowest BCUT2D eigenvalue weighted by molar-refractivity contribution is 0.0995. The van der Waals surface area contributed by atoms with E-state index in [0.717, 1.165) is 10.3 Å².